The first-order chi connectivity index (χ1) is 6.24. The van der Waals surface area contributed by atoms with E-state index in [0.717, 1.165) is 31.0 Å². The zero-order valence-electron chi connectivity index (χ0n) is 8.59. The molecule has 0 aliphatic rings. The van der Waals surface area contributed by atoms with Gasteiger partial charge in [-0.15, -0.1) is 0 Å². The maximum absolute atomic E-state index is 4.39. The fourth-order valence-corrected chi connectivity index (χ4v) is 1.11. The zero-order chi connectivity index (χ0) is 9.68. The number of H-pyrrole nitrogens is 1. The molecule has 0 aliphatic carbocycles. The van der Waals surface area contributed by atoms with Crippen LogP contribution in [-0.2, 0) is 6.42 Å². The lowest BCUT2D eigenvalue weighted by Crippen LogP contribution is -2.08. The van der Waals surface area contributed by atoms with Crippen LogP contribution in [0.25, 0.3) is 0 Å². The molecule has 4 nitrogen and oxygen atoms in total. The Morgan fingerprint density at radius 2 is 2.23 bits per heavy atom. The third-order valence-electron chi connectivity index (χ3n) is 1.91. The van der Waals surface area contributed by atoms with Crippen LogP contribution in [-0.4, -0.2) is 28.8 Å². The van der Waals surface area contributed by atoms with E-state index in [-0.39, 0.29) is 0 Å². The first-order valence-electron chi connectivity index (χ1n) is 4.79. The fourth-order valence-electron chi connectivity index (χ4n) is 1.11. The van der Waals surface area contributed by atoms with Gasteiger partial charge in [0.2, 0.25) is 0 Å². The molecule has 1 rings (SSSR count). The Kier molecular flexibility index (Phi) is 3.89. The number of nitrogens with one attached hydrogen (secondary N) is 2. The Hall–Kier alpha value is -0.900. The molecule has 0 spiro atoms. The summed E-state index contributed by atoms with van der Waals surface area (Å²) in [4.78, 5) is 4.39. The van der Waals surface area contributed by atoms with Gasteiger partial charge < -0.3 is 5.32 Å². The summed E-state index contributed by atoms with van der Waals surface area (Å²) in [6.45, 7) is 5.22. The molecule has 1 aromatic rings. The van der Waals surface area contributed by atoms with Crippen LogP contribution in [0.15, 0.2) is 0 Å². The third kappa shape index (κ3) is 3.14. The molecule has 0 saturated heterocycles. The van der Waals surface area contributed by atoms with Crippen LogP contribution in [0.4, 0.5) is 0 Å². The molecular weight excluding hydrogens is 164 g/mol. The molecule has 4 heteroatoms. The van der Waals surface area contributed by atoms with Crippen molar-refractivity contribution in [1.29, 1.82) is 0 Å². The quantitative estimate of drug-likeness (QED) is 0.670. The van der Waals surface area contributed by atoms with Gasteiger partial charge in [-0.2, -0.15) is 5.10 Å². The van der Waals surface area contributed by atoms with E-state index in [1.54, 1.807) is 0 Å². The molecule has 74 valence electrons. The van der Waals surface area contributed by atoms with Gasteiger partial charge in [0.25, 0.3) is 0 Å². The Morgan fingerprint density at radius 1 is 1.46 bits per heavy atom. The van der Waals surface area contributed by atoms with Crippen LogP contribution in [0.2, 0.25) is 0 Å². The number of aryl methyl sites for hydroxylation is 1. The van der Waals surface area contributed by atoms with E-state index < -0.39 is 0 Å². The molecule has 0 radical (unpaired) electrons. The number of aromatic amines is 1. The normalized spacial score (nSPS) is 11.1. The molecule has 1 aromatic heterocycles. The second-order valence-electron chi connectivity index (χ2n) is 3.50. The fraction of sp³-hybridized carbons (Fsp3) is 0.778. The van der Waals surface area contributed by atoms with Crippen LogP contribution in [0.3, 0.4) is 0 Å². The Morgan fingerprint density at radius 3 is 2.77 bits per heavy atom. The molecule has 0 aliphatic heterocycles. The van der Waals surface area contributed by atoms with E-state index >= 15 is 0 Å². The number of nitrogens with zero attached hydrogens (tertiary/aromatic N) is 2. The highest BCUT2D eigenvalue weighted by atomic mass is 15.2. The van der Waals surface area contributed by atoms with Crippen molar-refractivity contribution in [2.45, 2.75) is 32.6 Å². The maximum Gasteiger partial charge on any atom is 0.153 e. The molecule has 0 unspecified atom stereocenters. The summed E-state index contributed by atoms with van der Waals surface area (Å²) in [5.74, 6) is 2.33. The van der Waals surface area contributed by atoms with Gasteiger partial charge >= 0.3 is 0 Å². The SMILES string of the molecule is CNCCCc1nc(C(C)C)n[nH]1. The van der Waals surface area contributed by atoms with Crippen molar-refractivity contribution in [2.75, 3.05) is 13.6 Å². The monoisotopic (exact) mass is 182 g/mol. The number of rotatable bonds is 5. The summed E-state index contributed by atoms with van der Waals surface area (Å²) in [6.07, 6.45) is 2.07. The van der Waals surface area contributed by atoms with Crippen molar-refractivity contribution >= 4 is 0 Å². The van der Waals surface area contributed by atoms with E-state index in [2.05, 4.69) is 34.3 Å². The summed E-state index contributed by atoms with van der Waals surface area (Å²) in [7, 11) is 1.96. The van der Waals surface area contributed by atoms with Crippen molar-refractivity contribution in [1.82, 2.24) is 20.5 Å². The second-order valence-corrected chi connectivity index (χ2v) is 3.50. The van der Waals surface area contributed by atoms with Crippen LogP contribution in [0.1, 0.15) is 37.8 Å². The summed E-state index contributed by atoms with van der Waals surface area (Å²) in [6, 6.07) is 0. The topological polar surface area (TPSA) is 53.6 Å². The smallest absolute Gasteiger partial charge is 0.153 e. The molecule has 0 saturated carbocycles. The van der Waals surface area contributed by atoms with Crippen LogP contribution < -0.4 is 5.32 Å². The first-order valence-corrected chi connectivity index (χ1v) is 4.79. The van der Waals surface area contributed by atoms with Crippen molar-refractivity contribution in [3.8, 4) is 0 Å². The molecule has 0 fully saturated rings. The van der Waals surface area contributed by atoms with Crippen LogP contribution in [0.5, 0.6) is 0 Å². The van der Waals surface area contributed by atoms with E-state index in [1.807, 2.05) is 7.05 Å². The van der Waals surface area contributed by atoms with Gasteiger partial charge in [-0.3, -0.25) is 5.10 Å². The number of aromatic nitrogens is 3. The lowest BCUT2D eigenvalue weighted by Gasteiger charge is -1.96. The Balaban J connectivity index is 2.40. The molecule has 0 amide bonds. The zero-order valence-corrected chi connectivity index (χ0v) is 8.59. The first kappa shape index (κ1) is 10.2. The van der Waals surface area contributed by atoms with Gasteiger partial charge in [0.15, 0.2) is 5.82 Å². The van der Waals surface area contributed by atoms with Gasteiger partial charge in [0.05, 0.1) is 0 Å². The minimum absolute atomic E-state index is 0.411. The molecule has 1 heterocycles. The molecule has 0 atom stereocenters. The van der Waals surface area contributed by atoms with Crippen LogP contribution >= 0.6 is 0 Å². The summed E-state index contributed by atoms with van der Waals surface area (Å²) in [5.41, 5.74) is 0. The highest BCUT2D eigenvalue weighted by molar-refractivity contribution is 4.94. The van der Waals surface area contributed by atoms with E-state index in [9.17, 15) is 0 Å². The number of hydrogen-bond acceptors (Lipinski definition) is 3. The summed E-state index contributed by atoms with van der Waals surface area (Å²) in [5, 5.41) is 10.2. The Bertz CT molecular complexity index is 242. The predicted molar refractivity (Wildman–Crippen MR) is 52.7 cm³/mol. The van der Waals surface area contributed by atoms with Gasteiger partial charge in [-0.25, -0.2) is 4.98 Å². The van der Waals surface area contributed by atoms with E-state index in [0.29, 0.717) is 5.92 Å². The Labute approximate surface area is 79.2 Å². The highest BCUT2D eigenvalue weighted by Crippen LogP contribution is 2.07. The van der Waals surface area contributed by atoms with Crippen molar-refractivity contribution in [3.05, 3.63) is 11.6 Å². The molecule has 2 N–H and O–H groups in total. The predicted octanol–water partition coefficient (Wildman–Crippen LogP) is 1.08. The van der Waals surface area contributed by atoms with Gasteiger partial charge in [0.1, 0.15) is 5.82 Å². The average molecular weight is 182 g/mol. The second kappa shape index (κ2) is 4.97. The van der Waals surface area contributed by atoms with E-state index in [4.69, 9.17) is 0 Å². The molecule has 0 bridgehead atoms. The lowest BCUT2D eigenvalue weighted by molar-refractivity contribution is 0.703. The standard InChI is InChI=1S/C9H18N4/c1-7(2)9-11-8(12-13-9)5-4-6-10-3/h7,10H,4-6H2,1-3H3,(H,11,12,13). The summed E-state index contributed by atoms with van der Waals surface area (Å²) < 4.78 is 0. The average Bonchev–Trinajstić information content (AvgIpc) is 2.53. The van der Waals surface area contributed by atoms with E-state index in [1.165, 1.54) is 0 Å². The van der Waals surface area contributed by atoms with Gasteiger partial charge in [-0.1, -0.05) is 13.8 Å². The minimum Gasteiger partial charge on any atom is -0.320 e. The number of hydrogen-bond donors (Lipinski definition) is 2. The van der Waals surface area contributed by atoms with Crippen molar-refractivity contribution < 1.29 is 0 Å². The molecule has 13 heavy (non-hydrogen) atoms. The largest absolute Gasteiger partial charge is 0.320 e. The molecular formula is C9H18N4. The van der Waals surface area contributed by atoms with Crippen LogP contribution in [0, 0.1) is 0 Å². The maximum atomic E-state index is 4.39. The van der Waals surface area contributed by atoms with Gasteiger partial charge in [0, 0.05) is 12.3 Å². The third-order valence-corrected chi connectivity index (χ3v) is 1.91. The van der Waals surface area contributed by atoms with Crippen molar-refractivity contribution in [3.63, 3.8) is 0 Å². The lowest BCUT2D eigenvalue weighted by atomic mass is 10.2. The molecule has 0 aromatic carbocycles. The van der Waals surface area contributed by atoms with Gasteiger partial charge in [-0.05, 0) is 20.0 Å². The van der Waals surface area contributed by atoms with Crippen molar-refractivity contribution in [2.24, 2.45) is 0 Å². The summed E-state index contributed by atoms with van der Waals surface area (Å²) >= 11 is 0. The minimum atomic E-state index is 0.411. The highest BCUT2D eigenvalue weighted by Gasteiger charge is 2.05.